The van der Waals surface area contributed by atoms with E-state index >= 15 is 4.39 Å². The quantitative estimate of drug-likeness (QED) is 0.333. The first-order valence-electron chi connectivity index (χ1n) is 14.4. The first-order valence-corrected chi connectivity index (χ1v) is 15.1. The molecule has 5 atom stereocenters. The summed E-state index contributed by atoms with van der Waals surface area (Å²) in [4.78, 5) is 48.8. The number of nitrogens with two attached hydrogens (primary N) is 1. The molecule has 3 aliphatic rings. The minimum absolute atomic E-state index is 0.0785. The Labute approximate surface area is 269 Å². The van der Waals surface area contributed by atoms with E-state index in [0.29, 0.717) is 17.7 Å². The third-order valence-electron chi connectivity index (χ3n) is 9.10. The lowest BCUT2D eigenvalue weighted by Gasteiger charge is -2.42. The van der Waals surface area contributed by atoms with E-state index in [0.717, 1.165) is 0 Å². The van der Waals surface area contributed by atoms with Crippen LogP contribution >= 0.6 is 23.2 Å². The average molecular weight is 657 g/mol. The van der Waals surface area contributed by atoms with Gasteiger partial charge in [0.25, 0.3) is 0 Å². The zero-order valence-electron chi connectivity index (χ0n) is 25.0. The highest BCUT2D eigenvalue weighted by Gasteiger charge is 2.73. The molecule has 3 amide bonds. The summed E-state index contributed by atoms with van der Waals surface area (Å²) in [6, 6.07) is 8.59. The van der Waals surface area contributed by atoms with E-state index in [1.165, 1.54) is 54.6 Å². The van der Waals surface area contributed by atoms with Crippen LogP contribution in [0.1, 0.15) is 54.6 Å². The number of hydrogen-bond donors (Lipinski definition) is 3. The Morgan fingerprint density at radius 1 is 1.20 bits per heavy atom. The summed E-state index contributed by atoms with van der Waals surface area (Å²) in [6.45, 7) is 5.49. The van der Waals surface area contributed by atoms with Gasteiger partial charge in [-0.1, -0.05) is 56.1 Å². The predicted octanol–water partition coefficient (Wildman–Crippen LogP) is 4.46. The van der Waals surface area contributed by atoms with Gasteiger partial charge < -0.3 is 20.9 Å². The molecule has 4 N–H and O–H groups in total. The van der Waals surface area contributed by atoms with E-state index in [9.17, 15) is 19.5 Å². The van der Waals surface area contributed by atoms with Crippen molar-refractivity contribution in [1.82, 2.24) is 9.88 Å². The molecule has 3 aromatic rings. The van der Waals surface area contributed by atoms with Crippen LogP contribution in [0.25, 0.3) is 0 Å². The molecule has 2 saturated heterocycles. The number of benzene rings is 2. The SMILES string of the molecule is COc1cc(C(N)=O)ccc1N1C(=O)[C@H]2[C@H](c3cccc(Cl)c3F)C3(C(=O)Nc4cc(Cl)ncc43)[C@H](CC(C)(C)C)N2[C@H]1CO. The Kier molecular flexibility index (Phi) is 7.59. The monoisotopic (exact) mass is 655 g/mol. The second kappa shape index (κ2) is 10.9. The van der Waals surface area contributed by atoms with Gasteiger partial charge >= 0.3 is 0 Å². The van der Waals surface area contributed by atoms with Crippen molar-refractivity contribution in [2.75, 3.05) is 23.9 Å². The average Bonchev–Trinajstić information content (AvgIpc) is 3.54. The summed E-state index contributed by atoms with van der Waals surface area (Å²) in [5, 5.41) is 13.9. The zero-order valence-corrected chi connectivity index (χ0v) is 26.5. The summed E-state index contributed by atoms with van der Waals surface area (Å²) in [5.41, 5.74) is 4.98. The molecule has 1 aromatic heterocycles. The maximum Gasteiger partial charge on any atom is 0.248 e. The smallest absolute Gasteiger partial charge is 0.248 e. The molecule has 236 valence electrons. The molecule has 0 radical (unpaired) electrons. The standard InChI is InChI=1S/C32H32Cl2FN5O5/c1-31(2,3)12-22-32(17-13-37-23(34)11-19(17)38-30(32)44)25(16-6-5-7-18(33)26(16)35)27-29(43)39(24(14-41)40(22)27)20-9-8-15(28(36)42)10-21(20)45-4/h5-11,13,22,24-25,27,41H,12,14H2,1-4H3,(H2,36,42)(H,38,44)/t22-,24-,25-,27+,32?/m0/s1. The number of halogens is 3. The number of carbonyl (C=O) groups is 3. The van der Waals surface area contributed by atoms with Crippen LogP contribution < -0.4 is 20.7 Å². The third kappa shape index (κ3) is 4.59. The van der Waals surface area contributed by atoms with Crippen molar-refractivity contribution in [2.24, 2.45) is 11.1 Å². The summed E-state index contributed by atoms with van der Waals surface area (Å²) in [7, 11) is 1.39. The molecule has 0 saturated carbocycles. The van der Waals surface area contributed by atoms with Gasteiger partial charge in [0.2, 0.25) is 17.7 Å². The van der Waals surface area contributed by atoms with Crippen LogP contribution in [0.15, 0.2) is 48.7 Å². The molecule has 4 heterocycles. The molecule has 3 aliphatic heterocycles. The van der Waals surface area contributed by atoms with Gasteiger partial charge in [-0.05, 0) is 47.7 Å². The molecule has 2 fully saturated rings. The van der Waals surface area contributed by atoms with Gasteiger partial charge in [-0.25, -0.2) is 9.37 Å². The van der Waals surface area contributed by atoms with E-state index in [-0.39, 0.29) is 32.7 Å². The van der Waals surface area contributed by atoms with Crippen LogP contribution in [0.3, 0.4) is 0 Å². The molecular formula is C32H32Cl2FN5O5. The van der Waals surface area contributed by atoms with E-state index in [1.54, 1.807) is 6.07 Å². The van der Waals surface area contributed by atoms with Crippen molar-refractivity contribution >= 4 is 52.3 Å². The van der Waals surface area contributed by atoms with Crippen LogP contribution in [0.4, 0.5) is 15.8 Å². The van der Waals surface area contributed by atoms with E-state index in [2.05, 4.69) is 10.3 Å². The number of nitrogens with zero attached hydrogens (tertiary/aromatic N) is 3. The molecule has 0 aliphatic carbocycles. The zero-order chi connectivity index (χ0) is 32.6. The number of pyridine rings is 1. The van der Waals surface area contributed by atoms with Gasteiger partial charge in [0.05, 0.1) is 24.4 Å². The van der Waals surface area contributed by atoms with Gasteiger partial charge in [0, 0.05) is 35.0 Å². The lowest BCUT2D eigenvalue weighted by atomic mass is 9.62. The minimum atomic E-state index is -1.52. The molecule has 2 aromatic carbocycles. The lowest BCUT2D eigenvalue weighted by molar-refractivity contribution is -0.123. The topological polar surface area (TPSA) is 138 Å². The highest BCUT2D eigenvalue weighted by molar-refractivity contribution is 6.31. The van der Waals surface area contributed by atoms with E-state index in [4.69, 9.17) is 33.7 Å². The van der Waals surface area contributed by atoms with Crippen LogP contribution in [-0.2, 0) is 15.0 Å². The summed E-state index contributed by atoms with van der Waals surface area (Å²) < 4.78 is 21.8. The molecular weight excluding hydrogens is 624 g/mol. The largest absolute Gasteiger partial charge is 0.495 e. The number of carbonyl (C=O) groups excluding carboxylic acids is 3. The normalized spacial score (nSPS) is 25.9. The van der Waals surface area contributed by atoms with Gasteiger partial charge in [0.1, 0.15) is 34.3 Å². The molecule has 45 heavy (non-hydrogen) atoms. The number of nitrogens with one attached hydrogen (secondary N) is 1. The molecule has 13 heteroatoms. The number of anilines is 2. The van der Waals surface area contributed by atoms with Crippen molar-refractivity contribution in [3.8, 4) is 5.75 Å². The highest BCUT2D eigenvalue weighted by Crippen LogP contribution is 2.62. The second-order valence-corrected chi connectivity index (χ2v) is 13.6. The summed E-state index contributed by atoms with van der Waals surface area (Å²) in [6.07, 6.45) is 0.877. The van der Waals surface area contributed by atoms with Crippen LogP contribution in [0, 0.1) is 11.2 Å². The number of ether oxygens (including phenoxy) is 1. The summed E-state index contributed by atoms with van der Waals surface area (Å²) >= 11 is 12.6. The van der Waals surface area contributed by atoms with Crippen molar-refractivity contribution in [3.63, 3.8) is 0 Å². The minimum Gasteiger partial charge on any atom is -0.495 e. The predicted molar refractivity (Wildman–Crippen MR) is 167 cm³/mol. The fourth-order valence-corrected chi connectivity index (χ4v) is 7.84. The fraction of sp³-hybridized carbons (Fsp3) is 0.375. The number of aliphatic hydroxyl groups is 1. The Bertz CT molecular complexity index is 1750. The molecule has 10 nitrogen and oxygen atoms in total. The third-order valence-corrected chi connectivity index (χ3v) is 9.59. The number of methoxy groups -OCH3 is 1. The van der Waals surface area contributed by atoms with Crippen molar-refractivity contribution < 1.29 is 28.6 Å². The first-order chi connectivity index (χ1) is 21.3. The van der Waals surface area contributed by atoms with Crippen molar-refractivity contribution in [3.05, 3.63) is 81.3 Å². The fourth-order valence-electron chi connectivity index (χ4n) is 7.50. The number of aliphatic hydroxyl groups excluding tert-OH is 1. The summed E-state index contributed by atoms with van der Waals surface area (Å²) in [5.74, 6) is -3.30. The Morgan fingerprint density at radius 2 is 1.93 bits per heavy atom. The first kappa shape index (κ1) is 31.2. The van der Waals surface area contributed by atoms with E-state index in [1.807, 2.05) is 25.7 Å². The molecule has 1 unspecified atom stereocenters. The second-order valence-electron chi connectivity index (χ2n) is 12.8. The number of aromatic nitrogens is 1. The highest BCUT2D eigenvalue weighted by atomic mass is 35.5. The van der Waals surface area contributed by atoms with E-state index < -0.39 is 65.1 Å². The van der Waals surface area contributed by atoms with Gasteiger partial charge in [-0.15, -0.1) is 0 Å². The van der Waals surface area contributed by atoms with Crippen LogP contribution in [-0.4, -0.2) is 64.7 Å². The Hall–Kier alpha value is -3.77. The number of fused-ring (bicyclic) bond motifs is 3. The molecule has 0 bridgehead atoms. The van der Waals surface area contributed by atoms with Crippen molar-refractivity contribution in [1.29, 1.82) is 0 Å². The number of hydrogen-bond acceptors (Lipinski definition) is 7. The number of primary amides is 1. The maximum atomic E-state index is 16.2. The Morgan fingerprint density at radius 3 is 2.58 bits per heavy atom. The Balaban J connectivity index is 1.66. The van der Waals surface area contributed by atoms with Gasteiger partial charge in [-0.3, -0.25) is 24.2 Å². The van der Waals surface area contributed by atoms with Crippen LogP contribution in [0.2, 0.25) is 10.2 Å². The maximum absolute atomic E-state index is 16.2. The van der Waals surface area contributed by atoms with Gasteiger partial charge in [0.15, 0.2) is 0 Å². The van der Waals surface area contributed by atoms with Crippen molar-refractivity contribution in [2.45, 2.75) is 56.8 Å². The van der Waals surface area contributed by atoms with Gasteiger partial charge in [-0.2, -0.15) is 0 Å². The van der Waals surface area contributed by atoms with Crippen LogP contribution in [0.5, 0.6) is 5.75 Å². The number of amides is 3. The number of rotatable bonds is 6. The molecule has 1 spiro atoms. The lowest BCUT2D eigenvalue weighted by Crippen LogP contribution is -2.55. The molecule has 6 rings (SSSR count).